The number of benzene rings is 1. The van der Waals surface area contributed by atoms with Crippen molar-refractivity contribution in [2.45, 2.75) is 29.7 Å². The van der Waals surface area contributed by atoms with E-state index in [1.54, 1.807) is 6.20 Å². The zero-order valence-corrected chi connectivity index (χ0v) is 15.0. The summed E-state index contributed by atoms with van der Waals surface area (Å²) in [5.41, 5.74) is 9.19. The fourth-order valence-electron chi connectivity index (χ4n) is 3.93. The van der Waals surface area contributed by atoms with E-state index in [9.17, 15) is 5.11 Å². The topological polar surface area (TPSA) is 68.4 Å². The second-order valence-electron chi connectivity index (χ2n) is 7.06. The third-order valence-electron chi connectivity index (χ3n) is 5.57. The highest BCUT2D eigenvalue weighted by molar-refractivity contribution is 9.09. The molecule has 0 spiro atoms. The molecule has 1 aromatic heterocycles. The fourth-order valence-corrected chi connectivity index (χ4v) is 5.24. The van der Waals surface area contributed by atoms with E-state index >= 15 is 0 Å². The molecule has 3 aliphatic rings. The van der Waals surface area contributed by atoms with Crippen LogP contribution in [0.2, 0.25) is 0 Å². The molecule has 0 unspecified atom stereocenters. The van der Waals surface area contributed by atoms with E-state index in [0.29, 0.717) is 12.3 Å². The number of aliphatic hydroxyl groups excluding tert-OH is 1. The molecule has 0 radical (unpaired) electrons. The highest BCUT2D eigenvalue weighted by Crippen LogP contribution is 2.56. The van der Waals surface area contributed by atoms with Crippen LogP contribution in [-0.4, -0.2) is 28.1 Å². The quantitative estimate of drug-likeness (QED) is 0.789. The van der Waals surface area contributed by atoms with Crippen LogP contribution in [-0.2, 0) is 10.3 Å². The number of nitrogens with two attached hydrogens (primary N) is 1. The summed E-state index contributed by atoms with van der Waals surface area (Å²) < 4.78 is 6.28. The summed E-state index contributed by atoms with van der Waals surface area (Å²) in [4.78, 5) is 4.60. The molecule has 5 rings (SSSR count). The summed E-state index contributed by atoms with van der Waals surface area (Å²) in [6.07, 6.45) is 4.57. The van der Waals surface area contributed by atoms with Crippen molar-refractivity contribution in [2.75, 3.05) is 18.9 Å². The number of nitrogens with zero attached hydrogens (tertiary/aromatic N) is 1. The first-order valence-corrected chi connectivity index (χ1v) is 9.20. The number of fused-ring (bicyclic) bond motifs is 3. The lowest BCUT2D eigenvalue weighted by Crippen LogP contribution is -2.56. The van der Waals surface area contributed by atoms with Crippen LogP contribution in [0.5, 0.6) is 0 Å². The molecule has 4 nitrogen and oxygen atoms in total. The van der Waals surface area contributed by atoms with Gasteiger partial charge in [-0.05, 0) is 37.0 Å². The van der Waals surface area contributed by atoms with Crippen molar-refractivity contribution in [3.8, 4) is 11.3 Å². The molecule has 0 amide bonds. The molecular formula is C19H21BrN2O2. The highest BCUT2D eigenvalue weighted by atomic mass is 79.9. The van der Waals surface area contributed by atoms with Crippen molar-refractivity contribution < 1.29 is 9.84 Å². The zero-order valence-electron chi connectivity index (χ0n) is 13.4. The molecule has 24 heavy (non-hydrogen) atoms. The van der Waals surface area contributed by atoms with Crippen molar-refractivity contribution in [1.82, 2.24) is 4.98 Å². The van der Waals surface area contributed by atoms with Gasteiger partial charge < -0.3 is 15.6 Å². The molecule has 3 atom stereocenters. The summed E-state index contributed by atoms with van der Waals surface area (Å²) in [6.45, 7) is 0.833. The zero-order chi connectivity index (χ0) is 16.8. The van der Waals surface area contributed by atoms with E-state index < -0.39 is 0 Å². The largest absolute Gasteiger partial charge is 0.397 e. The van der Waals surface area contributed by atoms with Crippen molar-refractivity contribution >= 4 is 21.6 Å². The molecule has 126 valence electrons. The molecule has 5 heteroatoms. The number of aliphatic hydroxyl groups is 1. The van der Waals surface area contributed by atoms with Crippen molar-refractivity contribution in [3.63, 3.8) is 0 Å². The van der Waals surface area contributed by atoms with Gasteiger partial charge in [-0.2, -0.15) is 0 Å². The maximum Gasteiger partial charge on any atom is 0.106 e. The van der Waals surface area contributed by atoms with E-state index in [4.69, 9.17) is 10.5 Å². The van der Waals surface area contributed by atoms with Gasteiger partial charge in [0.1, 0.15) is 5.60 Å². The SMILES string of the molecule is Nc1ccc(-c2ccc([C@@]34CC[C@@](CO)(CO3)C[C@H]4Br)cc2)nc1. The molecule has 3 fully saturated rings. The average Bonchev–Trinajstić information content (AvgIpc) is 2.63. The van der Waals surface area contributed by atoms with Gasteiger partial charge in [-0.25, -0.2) is 0 Å². The summed E-state index contributed by atoms with van der Waals surface area (Å²) in [5, 5.41) is 9.70. The van der Waals surface area contributed by atoms with Gasteiger partial charge in [0.15, 0.2) is 0 Å². The maximum atomic E-state index is 9.70. The lowest BCUT2D eigenvalue weighted by molar-refractivity contribution is -0.193. The van der Waals surface area contributed by atoms with Gasteiger partial charge in [0, 0.05) is 15.8 Å². The first-order valence-electron chi connectivity index (χ1n) is 8.28. The Balaban J connectivity index is 1.62. The first-order chi connectivity index (χ1) is 11.6. The number of anilines is 1. The normalized spacial score (nSPS) is 32.0. The van der Waals surface area contributed by atoms with E-state index in [-0.39, 0.29) is 22.5 Å². The number of hydrogen-bond donors (Lipinski definition) is 2. The molecular weight excluding hydrogens is 368 g/mol. The summed E-state index contributed by atoms with van der Waals surface area (Å²) >= 11 is 3.82. The van der Waals surface area contributed by atoms with Crippen molar-refractivity contribution in [1.29, 1.82) is 0 Å². The summed E-state index contributed by atoms with van der Waals surface area (Å²) in [7, 11) is 0. The van der Waals surface area contributed by atoms with Gasteiger partial charge in [0.25, 0.3) is 0 Å². The summed E-state index contributed by atoms with van der Waals surface area (Å²) in [5.74, 6) is 0. The van der Waals surface area contributed by atoms with Gasteiger partial charge in [0.2, 0.25) is 0 Å². The van der Waals surface area contributed by atoms with E-state index in [1.165, 1.54) is 5.56 Å². The Morgan fingerprint density at radius 2 is 2.00 bits per heavy atom. The molecule has 2 aromatic rings. The van der Waals surface area contributed by atoms with Crippen LogP contribution in [0, 0.1) is 5.41 Å². The molecule has 2 saturated heterocycles. The Hall–Kier alpha value is -1.43. The third-order valence-corrected chi connectivity index (χ3v) is 6.64. The highest BCUT2D eigenvalue weighted by Gasteiger charge is 2.55. The number of pyridine rings is 1. The van der Waals surface area contributed by atoms with Gasteiger partial charge in [0.05, 0.1) is 30.8 Å². The minimum absolute atomic E-state index is 0.0657. The lowest BCUT2D eigenvalue weighted by Gasteiger charge is -2.55. The molecule has 1 aromatic carbocycles. The van der Waals surface area contributed by atoms with Crippen molar-refractivity contribution in [3.05, 3.63) is 48.2 Å². The van der Waals surface area contributed by atoms with Gasteiger partial charge in [-0.1, -0.05) is 40.2 Å². The number of halogens is 1. The third kappa shape index (κ3) is 2.46. The average molecular weight is 389 g/mol. The minimum Gasteiger partial charge on any atom is -0.397 e. The molecule has 3 N–H and O–H groups in total. The number of ether oxygens (including phenoxy) is 1. The number of aromatic nitrogens is 1. The fraction of sp³-hybridized carbons (Fsp3) is 0.421. The Morgan fingerprint density at radius 3 is 2.54 bits per heavy atom. The van der Waals surface area contributed by atoms with E-state index in [2.05, 4.69) is 45.2 Å². The maximum absolute atomic E-state index is 9.70. The Morgan fingerprint density at radius 1 is 1.21 bits per heavy atom. The molecule has 3 heterocycles. The standard InChI is InChI=1S/C19H21BrN2O2/c20-17-9-18(11-23)7-8-19(17,24-12-18)14-3-1-13(2-4-14)16-6-5-15(21)10-22-16/h1-6,10,17,23H,7-9,11-12,21H2/t17-,18-,19-/m1/s1. The van der Waals surface area contributed by atoms with Crippen LogP contribution in [0.1, 0.15) is 24.8 Å². The Bertz CT molecular complexity index is 722. The van der Waals surface area contributed by atoms with E-state index in [0.717, 1.165) is 30.5 Å². The van der Waals surface area contributed by atoms with Crippen LogP contribution in [0.25, 0.3) is 11.3 Å². The van der Waals surface area contributed by atoms with Gasteiger partial charge >= 0.3 is 0 Å². The number of nitrogen functional groups attached to an aromatic ring is 1. The molecule has 1 aliphatic carbocycles. The van der Waals surface area contributed by atoms with Crippen LogP contribution in [0.15, 0.2) is 42.6 Å². The molecule has 2 aliphatic heterocycles. The molecule has 2 bridgehead atoms. The van der Waals surface area contributed by atoms with Crippen LogP contribution in [0.3, 0.4) is 0 Å². The van der Waals surface area contributed by atoms with E-state index in [1.807, 2.05) is 12.1 Å². The van der Waals surface area contributed by atoms with Crippen LogP contribution < -0.4 is 5.73 Å². The Labute approximate surface area is 150 Å². The second-order valence-corrected chi connectivity index (χ2v) is 8.17. The summed E-state index contributed by atoms with van der Waals surface area (Å²) in [6, 6.07) is 12.3. The van der Waals surface area contributed by atoms with Gasteiger partial charge in [-0.15, -0.1) is 0 Å². The van der Waals surface area contributed by atoms with Crippen LogP contribution >= 0.6 is 15.9 Å². The van der Waals surface area contributed by atoms with Crippen molar-refractivity contribution in [2.24, 2.45) is 5.41 Å². The lowest BCUT2D eigenvalue weighted by atomic mass is 9.64. The smallest absolute Gasteiger partial charge is 0.106 e. The number of hydrogen-bond acceptors (Lipinski definition) is 4. The monoisotopic (exact) mass is 388 g/mol. The predicted octanol–water partition coefficient (Wildman–Crippen LogP) is 3.48. The second kappa shape index (κ2) is 5.83. The molecule has 1 saturated carbocycles. The number of rotatable bonds is 3. The van der Waals surface area contributed by atoms with Crippen LogP contribution in [0.4, 0.5) is 5.69 Å². The predicted molar refractivity (Wildman–Crippen MR) is 97.8 cm³/mol. The van der Waals surface area contributed by atoms with Gasteiger partial charge in [-0.3, -0.25) is 4.98 Å². The Kier molecular flexibility index (Phi) is 3.90. The first kappa shape index (κ1) is 16.1. The minimum atomic E-state index is -0.288. The number of alkyl halides is 1.